The summed E-state index contributed by atoms with van der Waals surface area (Å²) in [4.78, 5) is 42.3. The molecule has 1 saturated carbocycles. The second-order valence-electron chi connectivity index (χ2n) is 11.2. The average molecular weight is 583 g/mol. The van der Waals surface area contributed by atoms with Gasteiger partial charge in [-0.05, 0) is 44.5 Å². The highest BCUT2D eigenvalue weighted by Gasteiger charge is 2.64. The zero-order valence-corrected chi connectivity index (χ0v) is 23.0. The van der Waals surface area contributed by atoms with E-state index in [1.807, 2.05) is 0 Å². The van der Waals surface area contributed by atoms with Gasteiger partial charge in [0.25, 0.3) is 5.91 Å². The van der Waals surface area contributed by atoms with Crippen molar-refractivity contribution in [2.24, 2.45) is 17.6 Å². The van der Waals surface area contributed by atoms with Gasteiger partial charge in [0.1, 0.15) is 22.8 Å². The number of ketones is 2. The van der Waals surface area contributed by atoms with Gasteiger partial charge >= 0.3 is 6.18 Å². The van der Waals surface area contributed by atoms with E-state index < -0.39 is 82.9 Å². The van der Waals surface area contributed by atoms with Crippen molar-refractivity contribution >= 4 is 28.9 Å². The average Bonchev–Trinajstić information content (AvgIpc) is 2.83. The Balaban J connectivity index is 1.87. The van der Waals surface area contributed by atoms with Crippen molar-refractivity contribution in [2.45, 2.75) is 43.6 Å². The molecule has 1 fully saturated rings. The molecule has 7 N–H and O–H groups in total. The lowest BCUT2D eigenvalue weighted by Crippen LogP contribution is -2.65. The molecule has 0 aliphatic heterocycles. The molecule has 0 aromatic heterocycles. The van der Waals surface area contributed by atoms with E-state index >= 15 is 0 Å². The Morgan fingerprint density at radius 3 is 2.34 bits per heavy atom. The van der Waals surface area contributed by atoms with Gasteiger partial charge in [-0.15, -0.1) is 0 Å². The first-order valence-electron chi connectivity index (χ1n) is 12.9. The summed E-state index contributed by atoms with van der Waals surface area (Å²) >= 11 is 0. The predicted molar refractivity (Wildman–Crippen MR) is 141 cm³/mol. The fraction of sp³-hybridized carbons (Fsp3) is 0.519. The zero-order chi connectivity index (χ0) is 30.8. The summed E-state index contributed by atoms with van der Waals surface area (Å²) < 4.78 is 37.7. The highest BCUT2D eigenvalue weighted by Crippen LogP contribution is 2.54. The van der Waals surface area contributed by atoms with E-state index in [2.05, 4.69) is 5.32 Å². The third-order valence-electron chi connectivity index (χ3n) is 8.16. The van der Waals surface area contributed by atoms with Crippen LogP contribution in [0.2, 0.25) is 0 Å². The van der Waals surface area contributed by atoms with Crippen LogP contribution in [0.5, 0.6) is 5.75 Å². The standard InChI is InChI=1S/C27H33F3N4O7/c1-33(2)15-9-12(10-32-6-5-26(28,29)30)20(35)17-13(15)7-11-8-14-19(34(3)4)22(37)18(25(31)40)24(39)27(14,41)23(38)16(11)21(17)36/h9,11,14,19,32,35-36,39,41H,5-8,10H2,1-4H3,(H2,31,40)/t11?,14?,19-,27-/m0/s1. The smallest absolute Gasteiger partial charge is 0.390 e. The van der Waals surface area contributed by atoms with E-state index in [9.17, 15) is 48.0 Å². The Morgan fingerprint density at radius 2 is 1.80 bits per heavy atom. The maximum atomic E-state index is 14.0. The number of hydrogen-bond donors (Lipinski definition) is 6. The number of alkyl halides is 3. The van der Waals surface area contributed by atoms with E-state index in [-0.39, 0.29) is 36.1 Å². The van der Waals surface area contributed by atoms with Gasteiger partial charge in [0.2, 0.25) is 5.78 Å². The summed E-state index contributed by atoms with van der Waals surface area (Å²) in [7, 11) is 6.43. The lowest BCUT2D eigenvalue weighted by molar-refractivity contribution is -0.153. The van der Waals surface area contributed by atoms with Gasteiger partial charge in [-0.1, -0.05) is 0 Å². The van der Waals surface area contributed by atoms with Crippen LogP contribution in [0.1, 0.15) is 29.5 Å². The van der Waals surface area contributed by atoms with E-state index in [1.54, 1.807) is 25.1 Å². The summed E-state index contributed by atoms with van der Waals surface area (Å²) in [5.74, 6) is -7.57. The second-order valence-corrected chi connectivity index (χ2v) is 11.2. The van der Waals surface area contributed by atoms with E-state index in [0.29, 0.717) is 11.3 Å². The molecule has 0 saturated heterocycles. The fourth-order valence-electron chi connectivity index (χ4n) is 6.33. The summed E-state index contributed by atoms with van der Waals surface area (Å²) in [5, 5.41) is 47.8. The van der Waals surface area contributed by atoms with Crippen molar-refractivity contribution in [1.29, 1.82) is 0 Å². The number of nitrogens with one attached hydrogen (secondary N) is 1. The number of likely N-dealkylation sites (N-methyl/N-ethyl adjacent to an activating group) is 1. The number of primary amides is 1. The number of aromatic hydroxyl groups is 1. The van der Waals surface area contributed by atoms with Crippen LogP contribution in [-0.2, 0) is 27.3 Å². The van der Waals surface area contributed by atoms with Crippen molar-refractivity contribution in [3.8, 4) is 5.75 Å². The lowest BCUT2D eigenvalue weighted by Gasteiger charge is -2.50. The lowest BCUT2D eigenvalue weighted by atomic mass is 9.57. The van der Waals surface area contributed by atoms with Crippen molar-refractivity contribution in [2.75, 3.05) is 39.6 Å². The molecule has 1 aromatic carbocycles. The van der Waals surface area contributed by atoms with Crippen molar-refractivity contribution in [1.82, 2.24) is 10.2 Å². The Kier molecular flexibility index (Phi) is 7.65. The number of anilines is 1. The van der Waals surface area contributed by atoms with Crippen LogP contribution in [0.25, 0.3) is 5.76 Å². The normalized spacial score (nSPS) is 26.2. The van der Waals surface area contributed by atoms with Gasteiger partial charge in [0.15, 0.2) is 11.4 Å². The number of carbonyl (C=O) groups excluding carboxylic acids is 3. The maximum absolute atomic E-state index is 14.0. The van der Waals surface area contributed by atoms with Gasteiger partial charge in [-0.25, -0.2) is 0 Å². The highest BCUT2D eigenvalue weighted by atomic mass is 19.4. The van der Waals surface area contributed by atoms with Gasteiger partial charge in [-0.2, -0.15) is 13.2 Å². The molecule has 4 rings (SSSR count). The molecular weight excluding hydrogens is 549 g/mol. The molecule has 1 amide bonds. The third-order valence-corrected chi connectivity index (χ3v) is 8.16. The molecule has 224 valence electrons. The van der Waals surface area contributed by atoms with E-state index in [4.69, 9.17) is 5.73 Å². The van der Waals surface area contributed by atoms with Crippen molar-refractivity contribution in [3.05, 3.63) is 39.7 Å². The molecule has 0 bridgehead atoms. The van der Waals surface area contributed by atoms with Gasteiger partial charge in [0, 0.05) is 49.9 Å². The number of nitrogens with zero attached hydrogens (tertiary/aromatic N) is 2. The molecule has 4 atom stereocenters. The SMILES string of the molecule is CN(C)c1cc(CNCCC(F)(F)F)c(O)c2c1CC1CC3[C@H](N(C)C)C(=O)C(C(N)=O)=C(O)[C@@]3(O)C(=O)C1=C2O. The summed E-state index contributed by atoms with van der Waals surface area (Å²) in [6.07, 6.45) is -5.43. The molecule has 2 unspecified atom stereocenters. The van der Waals surface area contributed by atoms with Crippen LogP contribution in [0.3, 0.4) is 0 Å². The number of hydrogen-bond acceptors (Lipinski definition) is 10. The first kappa shape index (κ1) is 30.3. The molecule has 0 spiro atoms. The summed E-state index contributed by atoms with van der Waals surface area (Å²) in [6, 6.07) is 0.383. The monoisotopic (exact) mass is 582 g/mol. The van der Waals surface area contributed by atoms with Crippen LogP contribution in [0, 0.1) is 11.8 Å². The molecule has 1 aromatic rings. The van der Waals surface area contributed by atoms with E-state index in [1.165, 1.54) is 19.0 Å². The number of Topliss-reactive ketones (excluding diaryl/α,β-unsaturated/α-hetero) is 2. The van der Waals surface area contributed by atoms with Gasteiger partial charge in [0.05, 0.1) is 18.0 Å². The Morgan fingerprint density at radius 1 is 1.17 bits per heavy atom. The number of nitrogens with two attached hydrogens (primary N) is 1. The molecule has 41 heavy (non-hydrogen) atoms. The minimum atomic E-state index is -4.37. The van der Waals surface area contributed by atoms with Crippen LogP contribution < -0.4 is 16.0 Å². The number of phenols is 1. The molecule has 3 aliphatic rings. The number of halogens is 3. The number of phenolic OH excluding ortho intramolecular Hbond substituents is 1. The van der Waals surface area contributed by atoms with E-state index in [0.717, 1.165) is 0 Å². The maximum Gasteiger partial charge on any atom is 0.390 e. The van der Waals surface area contributed by atoms with Crippen LogP contribution in [0.15, 0.2) is 23.0 Å². The predicted octanol–water partition coefficient (Wildman–Crippen LogP) is 1.07. The summed E-state index contributed by atoms with van der Waals surface area (Å²) in [5.41, 5.74) is 2.38. The fourth-order valence-corrected chi connectivity index (χ4v) is 6.33. The number of amides is 1. The Hall–Kier alpha value is -3.62. The first-order chi connectivity index (χ1) is 18.9. The number of aliphatic hydroxyl groups is 3. The Bertz CT molecular complexity index is 1390. The molecule has 11 nitrogen and oxygen atoms in total. The highest BCUT2D eigenvalue weighted by molar-refractivity contribution is 6.24. The van der Waals surface area contributed by atoms with Crippen molar-refractivity contribution in [3.63, 3.8) is 0 Å². The van der Waals surface area contributed by atoms with Crippen LogP contribution in [0.4, 0.5) is 18.9 Å². The summed E-state index contributed by atoms with van der Waals surface area (Å²) in [6.45, 7) is -0.598. The quantitative estimate of drug-likeness (QED) is 0.201. The third kappa shape index (κ3) is 4.83. The minimum Gasteiger partial charge on any atom is -0.508 e. The van der Waals surface area contributed by atoms with Crippen LogP contribution >= 0.6 is 0 Å². The van der Waals surface area contributed by atoms with Crippen molar-refractivity contribution < 1.29 is 48.0 Å². The first-order valence-corrected chi connectivity index (χ1v) is 12.9. The largest absolute Gasteiger partial charge is 0.508 e. The molecule has 0 radical (unpaired) electrons. The number of benzene rings is 1. The zero-order valence-electron chi connectivity index (χ0n) is 23.0. The Labute approximate surface area is 233 Å². The number of aliphatic hydroxyl groups excluding tert-OH is 2. The number of carbonyl (C=O) groups is 3. The molecule has 0 heterocycles. The molecule has 3 aliphatic carbocycles. The molecular formula is C27H33F3N4O7. The van der Waals surface area contributed by atoms with Gasteiger partial charge in [-0.3, -0.25) is 19.3 Å². The van der Waals surface area contributed by atoms with Gasteiger partial charge < -0.3 is 36.4 Å². The minimum absolute atomic E-state index is 0.0554. The topological polar surface area (TPSA) is 177 Å². The second kappa shape index (κ2) is 10.3. The number of fused-ring (bicyclic) bond motifs is 3. The number of rotatable bonds is 7. The molecule has 14 heteroatoms. The van der Waals surface area contributed by atoms with Crippen LogP contribution in [-0.4, -0.2) is 95.4 Å².